The van der Waals surface area contributed by atoms with E-state index in [1.165, 1.54) is 18.6 Å². The molecule has 1 heterocycles. The Balaban J connectivity index is 3.00. The lowest BCUT2D eigenvalue weighted by Gasteiger charge is -2.47. The van der Waals surface area contributed by atoms with Crippen molar-refractivity contribution in [1.29, 1.82) is 0 Å². The van der Waals surface area contributed by atoms with Gasteiger partial charge in [-0.05, 0) is 35.2 Å². The molecule has 2 heteroatoms. The van der Waals surface area contributed by atoms with E-state index in [0.717, 1.165) is 21.5 Å². The maximum Gasteiger partial charge on any atom is 0.0753 e. The molecule has 0 N–H and O–H groups in total. The summed E-state index contributed by atoms with van der Waals surface area (Å²) in [5, 5.41) is 0. The van der Waals surface area contributed by atoms with Crippen LogP contribution in [-0.4, -0.2) is 18.7 Å². The smallest absolute Gasteiger partial charge is 0.0753 e. The highest BCUT2D eigenvalue weighted by molar-refractivity contribution is 8.01. The maximum absolute atomic E-state index is 2.49. The first-order valence-electron chi connectivity index (χ1n) is 6.55. The molecule has 0 nitrogen and oxygen atoms in total. The minimum absolute atomic E-state index is 0.938. The molecule has 15 heavy (non-hydrogen) atoms. The first kappa shape index (κ1) is 13.6. The normalized spacial score (nSPS) is 23.4. The molecule has 0 amide bonds. The summed E-state index contributed by atoms with van der Waals surface area (Å²) < 4.78 is 0. The van der Waals surface area contributed by atoms with Crippen LogP contribution in [-0.2, 0) is 0 Å². The van der Waals surface area contributed by atoms with Crippen molar-refractivity contribution in [3.8, 4) is 0 Å². The lowest BCUT2D eigenvalue weighted by molar-refractivity contribution is 0.761. The third-order valence-electron chi connectivity index (χ3n) is 4.49. The van der Waals surface area contributed by atoms with Crippen molar-refractivity contribution in [2.45, 2.75) is 75.9 Å². The van der Waals surface area contributed by atoms with Crippen molar-refractivity contribution >= 4 is 19.8 Å². The van der Waals surface area contributed by atoms with Gasteiger partial charge in [0.15, 0.2) is 0 Å². The van der Waals surface area contributed by atoms with Gasteiger partial charge < -0.3 is 0 Å². The lowest BCUT2D eigenvalue weighted by atomic mass is 10.4. The van der Waals surface area contributed by atoms with Gasteiger partial charge in [0.2, 0.25) is 0 Å². The van der Waals surface area contributed by atoms with Crippen LogP contribution in [0.4, 0.5) is 0 Å². The first-order chi connectivity index (χ1) is 6.94. The Morgan fingerprint density at radius 2 is 1.40 bits per heavy atom. The number of hydrogen-bond donors (Lipinski definition) is 0. The van der Waals surface area contributed by atoms with Crippen molar-refractivity contribution in [3.63, 3.8) is 0 Å². The molecule has 1 saturated heterocycles. The Morgan fingerprint density at radius 3 is 1.67 bits per heavy atom. The van der Waals surface area contributed by atoms with Crippen molar-refractivity contribution < 1.29 is 0 Å². The standard InChI is InChI=1S/C13H28SSi/c1-10(2)15(11(3)4,12(5)6)13-8-7-9-14-13/h10-13H,7-9H2,1-6H3. The molecular formula is C13H28SSi. The van der Waals surface area contributed by atoms with E-state index in [-0.39, 0.29) is 0 Å². The average Bonchev–Trinajstić information content (AvgIpc) is 2.55. The molecule has 90 valence electrons. The summed E-state index contributed by atoms with van der Waals surface area (Å²) in [5.74, 6) is 1.42. The van der Waals surface area contributed by atoms with Gasteiger partial charge in [0.05, 0.1) is 8.07 Å². The van der Waals surface area contributed by atoms with Gasteiger partial charge in [-0.25, -0.2) is 0 Å². The second kappa shape index (κ2) is 5.26. The Hall–Kier alpha value is 0.567. The van der Waals surface area contributed by atoms with Crippen LogP contribution in [0.15, 0.2) is 0 Å². The van der Waals surface area contributed by atoms with Crippen LogP contribution in [0.3, 0.4) is 0 Å². The molecule has 0 radical (unpaired) electrons. The molecule has 1 rings (SSSR count). The highest BCUT2D eigenvalue weighted by Crippen LogP contribution is 2.50. The molecule has 1 aliphatic heterocycles. The van der Waals surface area contributed by atoms with Crippen LogP contribution in [0, 0.1) is 0 Å². The third kappa shape index (κ3) is 2.31. The van der Waals surface area contributed by atoms with Gasteiger partial charge in [-0.2, -0.15) is 11.8 Å². The van der Waals surface area contributed by atoms with Gasteiger partial charge in [-0.3, -0.25) is 0 Å². The topological polar surface area (TPSA) is 0 Å². The van der Waals surface area contributed by atoms with E-state index in [4.69, 9.17) is 0 Å². The molecule has 0 aromatic carbocycles. The minimum atomic E-state index is -1.13. The SMILES string of the molecule is CC(C)[Si](C(C)C)(C(C)C)C1CCCS1. The predicted molar refractivity (Wildman–Crippen MR) is 76.5 cm³/mol. The second-order valence-corrected chi connectivity index (χ2v) is 13.9. The molecule has 0 spiro atoms. The molecule has 0 aromatic rings. The quantitative estimate of drug-likeness (QED) is 0.620. The lowest BCUT2D eigenvalue weighted by Crippen LogP contribution is -2.53. The predicted octanol–water partition coefficient (Wildman–Crippen LogP) is 5.10. The Labute approximate surface area is 102 Å². The largest absolute Gasteiger partial charge is 0.162 e. The molecule has 1 aliphatic rings. The summed E-state index contributed by atoms with van der Waals surface area (Å²) in [6.07, 6.45) is 2.97. The van der Waals surface area contributed by atoms with Gasteiger partial charge >= 0.3 is 0 Å². The van der Waals surface area contributed by atoms with Crippen LogP contribution < -0.4 is 0 Å². The van der Waals surface area contributed by atoms with Gasteiger partial charge in [0.1, 0.15) is 0 Å². The summed E-state index contributed by atoms with van der Waals surface area (Å²) >= 11 is 2.30. The number of hydrogen-bond acceptors (Lipinski definition) is 1. The van der Waals surface area contributed by atoms with Gasteiger partial charge in [-0.1, -0.05) is 41.5 Å². The highest BCUT2D eigenvalue weighted by atomic mass is 32.2. The summed E-state index contributed by atoms with van der Waals surface area (Å²) in [4.78, 5) is 1.04. The zero-order valence-corrected chi connectivity index (χ0v) is 13.2. The first-order valence-corrected chi connectivity index (χ1v) is 9.91. The summed E-state index contributed by atoms with van der Waals surface area (Å²) in [5.41, 5.74) is 2.81. The van der Waals surface area contributed by atoms with Gasteiger partial charge in [-0.15, -0.1) is 0 Å². The van der Waals surface area contributed by atoms with E-state index >= 15 is 0 Å². The van der Waals surface area contributed by atoms with Crippen LogP contribution in [0.1, 0.15) is 54.4 Å². The Bertz CT molecular complexity index is 171. The fraction of sp³-hybridized carbons (Fsp3) is 1.00. The summed E-state index contributed by atoms with van der Waals surface area (Å²) in [6, 6.07) is 0. The van der Waals surface area contributed by atoms with E-state index in [2.05, 4.69) is 53.3 Å². The fourth-order valence-electron chi connectivity index (χ4n) is 4.09. The fourth-order valence-corrected chi connectivity index (χ4v) is 15.9. The van der Waals surface area contributed by atoms with Crippen molar-refractivity contribution in [3.05, 3.63) is 0 Å². The Morgan fingerprint density at radius 1 is 0.933 bits per heavy atom. The molecule has 0 aromatic heterocycles. The van der Waals surface area contributed by atoms with E-state index in [1.54, 1.807) is 0 Å². The molecule has 0 aliphatic carbocycles. The van der Waals surface area contributed by atoms with Crippen LogP contribution in [0.2, 0.25) is 16.6 Å². The van der Waals surface area contributed by atoms with Gasteiger partial charge in [0.25, 0.3) is 0 Å². The van der Waals surface area contributed by atoms with E-state index < -0.39 is 8.07 Å². The maximum atomic E-state index is 2.49. The van der Waals surface area contributed by atoms with Crippen LogP contribution >= 0.6 is 11.8 Å². The van der Waals surface area contributed by atoms with Crippen LogP contribution in [0.5, 0.6) is 0 Å². The monoisotopic (exact) mass is 244 g/mol. The van der Waals surface area contributed by atoms with E-state index in [9.17, 15) is 0 Å². The average molecular weight is 245 g/mol. The zero-order chi connectivity index (χ0) is 11.6. The summed E-state index contributed by atoms with van der Waals surface area (Å²) in [7, 11) is -1.13. The minimum Gasteiger partial charge on any atom is -0.162 e. The third-order valence-corrected chi connectivity index (χ3v) is 14.8. The van der Waals surface area contributed by atoms with Crippen LogP contribution in [0.25, 0.3) is 0 Å². The molecule has 1 fully saturated rings. The van der Waals surface area contributed by atoms with Crippen molar-refractivity contribution in [2.24, 2.45) is 0 Å². The zero-order valence-electron chi connectivity index (χ0n) is 11.3. The number of thioether (sulfide) groups is 1. The van der Waals surface area contributed by atoms with E-state index in [0.29, 0.717) is 0 Å². The molecule has 0 bridgehead atoms. The van der Waals surface area contributed by atoms with Crippen molar-refractivity contribution in [1.82, 2.24) is 0 Å². The highest BCUT2D eigenvalue weighted by Gasteiger charge is 2.49. The summed E-state index contributed by atoms with van der Waals surface area (Å²) in [6.45, 7) is 14.9. The second-order valence-electron chi connectivity index (χ2n) is 5.97. The Kier molecular flexibility index (Phi) is 4.78. The van der Waals surface area contributed by atoms with E-state index in [1.807, 2.05) is 0 Å². The van der Waals surface area contributed by atoms with Crippen molar-refractivity contribution in [2.75, 3.05) is 5.75 Å². The molecular weight excluding hydrogens is 216 g/mol. The molecule has 1 unspecified atom stereocenters. The number of rotatable bonds is 4. The molecule has 1 atom stereocenters. The van der Waals surface area contributed by atoms with Gasteiger partial charge in [0, 0.05) is 4.87 Å². The molecule has 0 saturated carbocycles.